The molecule has 1 unspecified atom stereocenters. The van der Waals surface area contributed by atoms with Crippen molar-refractivity contribution >= 4 is 22.7 Å². The number of carbonyl (C=O) groups is 2. The van der Waals surface area contributed by atoms with Crippen LogP contribution in [-0.2, 0) is 4.79 Å². The van der Waals surface area contributed by atoms with E-state index < -0.39 is 23.5 Å². The van der Waals surface area contributed by atoms with Gasteiger partial charge in [-0.3, -0.25) is 9.59 Å². The summed E-state index contributed by atoms with van der Waals surface area (Å²) in [4.78, 5) is 29.4. The molecule has 0 fully saturated rings. The number of likely N-dealkylation sites (N-methyl/N-ethyl adjacent to an activating group) is 1. The third-order valence-electron chi connectivity index (χ3n) is 6.06. The third kappa shape index (κ3) is 4.19. The molecule has 1 aliphatic rings. The average Bonchev–Trinajstić information content (AvgIpc) is 3.40. The van der Waals surface area contributed by atoms with Crippen molar-refractivity contribution in [1.82, 2.24) is 4.90 Å². The van der Waals surface area contributed by atoms with E-state index in [0.717, 1.165) is 4.90 Å². The number of furan rings is 1. The summed E-state index contributed by atoms with van der Waals surface area (Å²) in [7, 11) is 8.36. The molecule has 1 atom stereocenters. The Kier molecular flexibility index (Phi) is 6.70. The van der Waals surface area contributed by atoms with E-state index in [4.69, 9.17) is 18.6 Å². The molecule has 9 heteroatoms. The van der Waals surface area contributed by atoms with Crippen molar-refractivity contribution in [1.29, 1.82) is 0 Å². The molecule has 1 aromatic heterocycles. The number of fused-ring (bicyclic) bond motifs is 1. The minimum absolute atomic E-state index is 0.0485. The van der Waals surface area contributed by atoms with Crippen LogP contribution in [0.3, 0.4) is 0 Å². The van der Waals surface area contributed by atoms with Crippen LogP contribution >= 0.6 is 0 Å². The number of carbonyl (C=O) groups excluding carboxylic acids is 2. The molecule has 1 aliphatic heterocycles. The molecule has 0 spiro atoms. The lowest BCUT2D eigenvalue weighted by atomic mass is 9.94. The normalized spacial score (nSPS) is 15.9. The molecule has 1 amide bonds. The van der Waals surface area contributed by atoms with E-state index in [0.29, 0.717) is 40.3 Å². The Morgan fingerprint density at radius 3 is 2.40 bits per heavy atom. The highest BCUT2D eigenvalue weighted by molar-refractivity contribution is 6.16. The fourth-order valence-electron chi connectivity index (χ4n) is 4.34. The molecule has 0 radical (unpaired) electrons. The first kappa shape index (κ1) is 24.2. The molecular formula is C26H28N2O7. The first-order valence-corrected chi connectivity index (χ1v) is 11.2. The highest BCUT2D eigenvalue weighted by Crippen LogP contribution is 2.45. The van der Waals surface area contributed by atoms with Crippen LogP contribution in [-0.4, -0.2) is 65.1 Å². The summed E-state index contributed by atoms with van der Waals surface area (Å²) in [5.41, 5.74) is 0.685. The summed E-state index contributed by atoms with van der Waals surface area (Å²) in [6.45, 7) is 0.841. The van der Waals surface area contributed by atoms with Crippen LogP contribution in [0.15, 0.2) is 58.2 Å². The van der Waals surface area contributed by atoms with E-state index in [1.165, 1.54) is 26.2 Å². The highest BCUT2D eigenvalue weighted by Gasteiger charge is 2.42. The number of hydrogen-bond acceptors (Lipinski definition) is 7. The van der Waals surface area contributed by atoms with Crippen LogP contribution in [0.5, 0.6) is 17.2 Å². The molecule has 0 saturated heterocycles. The Labute approximate surface area is 203 Å². The minimum atomic E-state index is -0.956. The largest absolute Gasteiger partial charge is 0.868 e. The minimum Gasteiger partial charge on any atom is -0.868 e. The number of ketones is 1. The van der Waals surface area contributed by atoms with Crippen molar-refractivity contribution < 1.29 is 38.2 Å². The van der Waals surface area contributed by atoms with Gasteiger partial charge in [0.2, 0.25) is 11.7 Å². The van der Waals surface area contributed by atoms with Crippen molar-refractivity contribution in [3.63, 3.8) is 0 Å². The van der Waals surface area contributed by atoms with Gasteiger partial charge in [-0.15, -0.1) is 0 Å². The van der Waals surface area contributed by atoms with Crippen LogP contribution in [0.1, 0.15) is 22.2 Å². The van der Waals surface area contributed by atoms with Gasteiger partial charge in [-0.1, -0.05) is 24.3 Å². The van der Waals surface area contributed by atoms with Crippen molar-refractivity contribution in [2.75, 3.05) is 48.5 Å². The number of para-hydroxylation sites is 2. The summed E-state index contributed by atoms with van der Waals surface area (Å²) < 4.78 is 22.2. The molecule has 35 heavy (non-hydrogen) atoms. The second-order valence-electron chi connectivity index (χ2n) is 8.50. The Hall–Kier alpha value is -3.98. The zero-order chi connectivity index (χ0) is 25.3. The zero-order valence-corrected chi connectivity index (χ0v) is 20.3. The van der Waals surface area contributed by atoms with Gasteiger partial charge >= 0.3 is 0 Å². The molecule has 0 saturated carbocycles. The van der Waals surface area contributed by atoms with Gasteiger partial charge in [0, 0.05) is 16.5 Å². The van der Waals surface area contributed by atoms with Gasteiger partial charge in [0.1, 0.15) is 0 Å². The summed E-state index contributed by atoms with van der Waals surface area (Å²) in [6.07, 6.45) is 0. The number of amides is 1. The zero-order valence-electron chi connectivity index (χ0n) is 20.3. The Bertz CT molecular complexity index is 1310. The molecular weight excluding hydrogens is 452 g/mol. The predicted octanol–water partition coefficient (Wildman–Crippen LogP) is 0.984. The lowest BCUT2D eigenvalue weighted by Crippen LogP contribution is -3.06. The van der Waals surface area contributed by atoms with Gasteiger partial charge in [-0.2, -0.15) is 0 Å². The van der Waals surface area contributed by atoms with Crippen molar-refractivity contribution in [3.8, 4) is 17.2 Å². The number of Topliss-reactive ketones (excluding diaryl/α,β-unsaturated/α-hetero) is 1. The van der Waals surface area contributed by atoms with Gasteiger partial charge in [0.05, 0.1) is 54.6 Å². The van der Waals surface area contributed by atoms with Crippen LogP contribution in [0.2, 0.25) is 0 Å². The van der Waals surface area contributed by atoms with E-state index in [-0.39, 0.29) is 17.9 Å². The Balaban J connectivity index is 1.87. The molecule has 9 nitrogen and oxygen atoms in total. The van der Waals surface area contributed by atoms with Crippen molar-refractivity contribution in [2.24, 2.45) is 0 Å². The number of rotatable bonds is 9. The summed E-state index contributed by atoms with van der Waals surface area (Å²) in [5, 5.41) is 13.9. The van der Waals surface area contributed by atoms with Crippen molar-refractivity contribution in [2.45, 2.75) is 6.04 Å². The van der Waals surface area contributed by atoms with E-state index in [9.17, 15) is 14.7 Å². The first-order chi connectivity index (χ1) is 16.8. The average molecular weight is 481 g/mol. The number of benzene rings is 2. The van der Waals surface area contributed by atoms with Gasteiger partial charge < -0.3 is 33.5 Å². The number of nitrogens with zero attached hydrogens (tertiary/aromatic N) is 1. The maximum atomic E-state index is 13.7. The highest BCUT2D eigenvalue weighted by atomic mass is 16.5. The van der Waals surface area contributed by atoms with Gasteiger partial charge in [0.15, 0.2) is 28.6 Å². The molecule has 4 rings (SSSR count). The van der Waals surface area contributed by atoms with E-state index >= 15 is 0 Å². The maximum absolute atomic E-state index is 13.7. The van der Waals surface area contributed by atoms with E-state index in [2.05, 4.69) is 0 Å². The lowest BCUT2D eigenvalue weighted by molar-refractivity contribution is -0.857. The summed E-state index contributed by atoms with van der Waals surface area (Å²) in [6, 6.07) is 11.0. The van der Waals surface area contributed by atoms with Crippen LogP contribution < -0.4 is 24.2 Å². The first-order valence-electron chi connectivity index (χ1n) is 11.2. The summed E-state index contributed by atoms with van der Waals surface area (Å²) >= 11 is 0. The molecule has 2 heterocycles. The Morgan fingerprint density at radius 2 is 1.74 bits per heavy atom. The topological polar surface area (TPSA) is 106 Å². The SMILES string of the molecule is COc1cccc(C2C(C(=O)c3cc4cccc(OC)c4o3)=C([O-])C(=O)N2CC[NH+](C)C)c1OC. The number of quaternary nitrogens is 1. The molecule has 1 N–H and O–H groups in total. The Morgan fingerprint density at radius 1 is 1.06 bits per heavy atom. The lowest BCUT2D eigenvalue weighted by Gasteiger charge is -2.29. The monoisotopic (exact) mass is 480 g/mol. The van der Waals surface area contributed by atoms with Crippen LogP contribution in [0.4, 0.5) is 0 Å². The number of nitrogens with one attached hydrogen (secondary N) is 1. The van der Waals surface area contributed by atoms with E-state index in [1.807, 2.05) is 14.1 Å². The number of hydrogen-bond donors (Lipinski definition) is 1. The van der Waals surface area contributed by atoms with Gasteiger partial charge in [-0.05, 0) is 24.0 Å². The van der Waals surface area contributed by atoms with Gasteiger partial charge in [-0.25, -0.2) is 0 Å². The molecule has 0 bridgehead atoms. The quantitative estimate of drug-likeness (QED) is 0.455. The molecule has 0 aliphatic carbocycles. The second kappa shape index (κ2) is 9.71. The van der Waals surface area contributed by atoms with Crippen molar-refractivity contribution in [3.05, 3.63) is 65.1 Å². The fraction of sp³-hybridized carbons (Fsp3) is 0.308. The van der Waals surface area contributed by atoms with E-state index in [1.54, 1.807) is 42.5 Å². The second-order valence-corrected chi connectivity index (χ2v) is 8.50. The molecule has 2 aromatic carbocycles. The fourth-order valence-corrected chi connectivity index (χ4v) is 4.34. The van der Waals surface area contributed by atoms with Gasteiger partial charge in [0.25, 0.3) is 0 Å². The number of ether oxygens (including phenoxy) is 3. The third-order valence-corrected chi connectivity index (χ3v) is 6.06. The number of methoxy groups -OCH3 is 3. The molecule has 3 aromatic rings. The summed E-state index contributed by atoms with van der Waals surface area (Å²) in [5.74, 6) is -1.06. The molecule has 184 valence electrons. The van der Waals surface area contributed by atoms with Crippen LogP contribution in [0, 0.1) is 0 Å². The maximum Gasteiger partial charge on any atom is 0.240 e. The predicted molar refractivity (Wildman–Crippen MR) is 126 cm³/mol. The van der Waals surface area contributed by atoms with Crippen LogP contribution in [0.25, 0.3) is 11.0 Å². The standard InChI is InChI=1S/C26H28N2O7/c1-27(2)12-13-28-21(16-9-7-11-18(33-4)25(16)34-5)20(23(30)26(28)31)22(29)19-14-15-8-6-10-17(32-3)24(15)35-19/h6-11,14,21,30H,12-13H2,1-5H3. The smallest absolute Gasteiger partial charge is 0.240 e.